The van der Waals surface area contributed by atoms with Gasteiger partial charge in [0.05, 0.1) is 0 Å². The van der Waals surface area contributed by atoms with E-state index in [2.05, 4.69) is 31.6 Å². The van der Waals surface area contributed by atoms with E-state index >= 15 is 0 Å². The largest absolute Gasteiger partial charge is 0.258 e. The Hall–Kier alpha value is -0.0800. The summed E-state index contributed by atoms with van der Waals surface area (Å²) in [6.45, 7) is 8.66. The quantitative estimate of drug-likeness (QED) is 0.431. The van der Waals surface area contributed by atoms with Crippen LogP contribution >= 0.6 is 0 Å². The lowest BCUT2D eigenvalue weighted by Gasteiger charge is -2.06. The van der Waals surface area contributed by atoms with Gasteiger partial charge in [0.2, 0.25) is 0 Å². The van der Waals surface area contributed by atoms with Crippen molar-refractivity contribution < 1.29 is 0 Å². The van der Waals surface area contributed by atoms with Gasteiger partial charge in [0.15, 0.2) is 0 Å². The summed E-state index contributed by atoms with van der Waals surface area (Å²) in [5.41, 5.74) is 6.25. The summed E-state index contributed by atoms with van der Waals surface area (Å²) in [6.07, 6.45) is 1.19. The number of rotatable bonds is 5. The normalized spacial score (nSPS) is 10.7. The topological polar surface area (TPSA) is 24.1 Å². The lowest BCUT2D eigenvalue weighted by atomic mass is 10.2. The first-order valence-corrected chi connectivity index (χ1v) is 3.73. The van der Waals surface area contributed by atoms with Gasteiger partial charge in [-0.3, -0.25) is 10.9 Å². The van der Waals surface area contributed by atoms with Crippen LogP contribution in [0.25, 0.3) is 0 Å². The van der Waals surface area contributed by atoms with Crippen molar-refractivity contribution in [1.29, 1.82) is 0 Å². The van der Waals surface area contributed by atoms with Gasteiger partial charge in [-0.2, -0.15) is 0 Å². The molecule has 2 nitrogen and oxygen atoms in total. The highest BCUT2D eigenvalue weighted by Gasteiger charge is 1.89. The smallest absolute Gasteiger partial charge is 0.0123 e. The second-order valence-electron chi connectivity index (χ2n) is 2.70. The standard InChI is InChI=1S/C7H18N2/c1-4-5-8-9-6-7(2)3/h7-9H,4-6H2,1-3H3. The van der Waals surface area contributed by atoms with E-state index < -0.39 is 0 Å². The molecule has 0 saturated carbocycles. The van der Waals surface area contributed by atoms with Gasteiger partial charge in [0, 0.05) is 13.1 Å². The lowest BCUT2D eigenvalue weighted by Crippen LogP contribution is -2.34. The second kappa shape index (κ2) is 6.05. The molecule has 2 N–H and O–H groups in total. The monoisotopic (exact) mass is 130 g/mol. The van der Waals surface area contributed by atoms with E-state index in [0.29, 0.717) is 0 Å². The van der Waals surface area contributed by atoms with Crippen LogP contribution < -0.4 is 10.9 Å². The van der Waals surface area contributed by atoms with Gasteiger partial charge in [-0.1, -0.05) is 20.8 Å². The Morgan fingerprint density at radius 1 is 1.22 bits per heavy atom. The average Bonchev–Trinajstić information content (AvgIpc) is 1.80. The molecule has 9 heavy (non-hydrogen) atoms. The minimum absolute atomic E-state index is 0.731. The molecule has 0 saturated heterocycles. The number of hydrogen-bond donors (Lipinski definition) is 2. The third-order valence-corrected chi connectivity index (χ3v) is 1.01. The molecule has 0 unspecified atom stereocenters. The predicted octanol–water partition coefficient (Wildman–Crippen LogP) is 1.15. The molecule has 0 heterocycles. The molecule has 0 atom stereocenters. The van der Waals surface area contributed by atoms with Gasteiger partial charge in [-0.15, -0.1) is 0 Å². The van der Waals surface area contributed by atoms with Crippen molar-refractivity contribution in [3.8, 4) is 0 Å². The Labute approximate surface area is 58.0 Å². The van der Waals surface area contributed by atoms with Crippen molar-refractivity contribution in [3.05, 3.63) is 0 Å². The molecule has 0 aromatic rings. The Balaban J connectivity index is 2.75. The highest BCUT2D eigenvalue weighted by Crippen LogP contribution is 1.84. The zero-order chi connectivity index (χ0) is 7.11. The number of hydrogen-bond acceptors (Lipinski definition) is 2. The molecule has 0 spiro atoms. The van der Waals surface area contributed by atoms with Crippen molar-refractivity contribution in [2.75, 3.05) is 13.1 Å². The van der Waals surface area contributed by atoms with Gasteiger partial charge in [0.25, 0.3) is 0 Å². The van der Waals surface area contributed by atoms with E-state index in [4.69, 9.17) is 0 Å². The molecule has 0 fully saturated rings. The van der Waals surface area contributed by atoms with Gasteiger partial charge < -0.3 is 0 Å². The molecule has 2 heteroatoms. The van der Waals surface area contributed by atoms with E-state index in [1.807, 2.05) is 0 Å². The van der Waals surface area contributed by atoms with Crippen molar-refractivity contribution >= 4 is 0 Å². The molecule has 0 aromatic heterocycles. The van der Waals surface area contributed by atoms with Crippen LogP contribution in [0.1, 0.15) is 27.2 Å². The molecule has 0 aliphatic heterocycles. The predicted molar refractivity (Wildman–Crippen MR) is 41.1 cm³/mol. The van der Waals surface area contributed by atoms with Crippen LogP contribution in [0.15, 0.2) is 0 Å². The first-order valence-electron chi connectivity index (χ1n) is 3.73. The summed E-state index contributed by atoms with van der Waals surface area (Å²) < 4.78 is 0. The van der Waals surface area contributed by atoms with Crippen molar-refractivity contribution in [2.45, 2.75) is 27.2 Å². The summed E-state index contributed by atoms with van der Waals surface area (Å²) in [4.78, 5) is 0. The summed E-state index contributed by atoms with van der Waals surface area (Å²) in [5.74, 6) is 0.731. The molecular weight excluding hydrogens is 112 g/mol. The average molecular weight is 130 g/mol. The first-order chi connectivity index (χ1) is 4.27. The third-order valence-electron chi connectivity index (χ3n) is 1.01. The second-order valence-corrected chi connectivity index (χ2v) is 2.70. The molecular formula is C7H18N2. The summed E-state index contributed by atoms with van der Waals surface area (Å²) in [7, 11) is 0. The highest BCUT2D eigenvalue weighted by atomic mass is 15.3. The van der Waals surface area contributed by atoms with Crippen LogP contribution in [0.4, 0.5) is 0 Å². The van der Waals surface area contributed by atoms with Crippen molar-refractivity contribution in [1.82, 2.24) is 10.9 Å². The fourth-order valence-electron chi connectivity index (χ4n) is 0.490. The van der Waals surface area contributed by atoms with Crippen LogP contribution in [-0.2, 0) is 0 Å². The third kappa shape index (κ3) is 7.92. The first kappa shape index (κ1) is 8.92. The molecule has 0 aliphatic rings. The SMILES string of the molecule is CCCNNCC(C)C. The Kier molecular flexibility index (Phi) is 5.99. The molecule has 56 valence electrons. The molecule has 0 aromatic carbocycles. The Morgan fingerprint density at radius 2 is 1.89 bits per heavy atom. The maximum atomic E-state index is 3.14. The fraction of sp³-hybridized carbons (Fsp3) is 1.00. The van der Waals surface area contributed by atoms with E-state index in [9.17, 15) is 0 Å². The minimum atomic E-state index is 0.731. The summed E-state index contributed by atoms with van der Waals surface area (Å²) in [5, 5.41) is 0. The molecule has 0 bridgehead atoms. The molecule has 0 aliphatic carbocycles. The molecule has 0 radical (unpaired) electrons. The van der Waals surface area contributed by atoms with E-state index in [1.165, 1.54) is 6.42 Å². The summed E-state index contributed by atoms with van der Waals surface area (Å²) in [6, 6.07) is 0. The zero-order valence-electron chi connectivity index (χ0n) is 6.70. The van der Waals surface area contributed by atoms with Crippen LogP contribution in [0.3, 0.4) is 0 Å². The van der Waals surface area contributed by atoms with Gasteiger partial charge in [0.1, 0.15) is 0 Å². The fourth-order valence-corrected chi connectivity index (χ4v) is 0.490. The van der Waals surface area contributed by atoms with Gasteiger partial charge in [-0.05, 0) is 12.3 Å². The van der Waals surface area contributed by atoms with Gasteiger partial charge >= 0.3 is 0 Å². The van der Waals surface area contributed by atoms with Crippen LogP contribution in [0.2, 0.25) is 0 Å². The van der Waals surface area contributed by atoms with Crippen molar-refractivity contribution in [3.63, 3.8) is 0 Å². The van der Waals surface area contributed by atoms with Gasteiger partial charge in [-0.25, -0.2) is 0 Å². The lowest BCUT2D eigenvalue weighted by molar-refractivity contribution is 0.469. The zero-order valence-corrected chi connectivity index (χ0v) is 6.70. The maximum Gasteiger partial charge on any atom is 0.0123 e. The number of hydrazine groups is 1. The Bertz CT molecular complexity index is 52.9. The highest BCUT2D eigenvalue weighted by molar-refractivity contribution is 4.45. The molecule has 0 rings (SSSR count). The van der Waals surface area contributed by atoms with E-state index in [0.717, 1.165) is 19.0 Å². The van der Waals surface area contributed by atoms with Crippen molar-refractivity contribution in [2.24, 2.45) is 5.92 Å². The number of nitrogens with one attached hydrogen (secondary N) is 2. The van der Waals surface area contributed by atoms with Crippen LogP contribution in [-0.4, -0.2) is 13.1 Å². The van der Waals surface area contributed by atoms with Crippen LogP contribution in [0.5, 0.6) is 0 Å². The maximum absolute atomic E-state index is 3.14. The van der Waals surface area contributed by atoms with E-state index in [-0.39, 0.29) is 0 Å². The minimum Gasteiger partial charge on any atom is -0.258 e. The Morgan fingerprint density at radius 3 is 2.33 bits per heavy atom. The van der Waals surface area contributed by atoms with E-state index in [1.54, 1.807) is 0 Å². The summed E-state index contributed by atoms with van der Waals surface area (Å²) >= 11 is 0. The van der Waals surface area contributed by atoms with Crippen LogP contribution in [0, 0.1) is 5.92 Å². The molecule has 0 amide bonds.